The smallest absolute Gasteiger partial charge is 0.203 e. The van der Waals surface area contributed by atoms with Crippen molar-refractivity contribution in [2.24, 2.45) is 0 Å². The molecule has 0 aliphatic rings. The van der Waals surface area contributed by atoms with Crippen LogP contribution in [0.3, 0.4) is 0 Å². The third-order valence-electron chi connectivity index (χ3n) is 2.86. The van der Waals surface area contributed by atoms with Crippen molar-refractivity contribution in [1.29, 1.82) is 0 Å². The Morgan fingerprint density at radius 1 is 1.44 bits per heavy atom. The zero-order valence-corrected chi connectivity index (χ0v) is 10.9. The summed E-state index contributed by atoms with van der Waals surface area (Å²) >= 11 is 0. The van der Waals surface area contributed by atoms with E-state index in [-0.39, 0.29) is 0 Å². The van der Waals surface area contributed by atoms with Crippen LogP contribution >= 0.6 is 0 Å². The Bertz CT molecular complexity index is 484. The summed E-state index contributed by atoms with van der Waals surface area (Å²) < 4.78 is 12.2. The van der Waals surface area contributed by atoms with E-state index in [0.717, 1.165) is 29.5 Å². The molecule has 0 aliphatic carbocycles. The Morgan fingerprint density at radius 2 is 2.28 bits per heavy atom. The number of anilines is 1. The van der Waals surface area contributed by atoms with E-state index in [4.69, 9.17) is 9.26 Å². The van der Waals surface area contributed by atoms with E-state index < -0.39 is 0 Å². The van der Waals surface area contributed by atoms with Crippen LogP contribution in [0, 0.1) is 13.8 Å². The van der Waals surface area contributed by atoms with Crippen LogP contribution < -0.4 is 5.32 Å². The first-order valence-corrected chi connectivity index (χ1v) is 5.88. The normalized spacial score (nSPS) is 10.8. The molecule has 6 heteroatoms. The quantitative estimate of drug-likeness (QED) is 0.846. The van der Waals surface area contributed by atoms with Gasteiger partial charge in [0.25, 0.3) is 0 Å². The van der Waals surface area contributed by atoms with Crippen molar-refractivity contribution in [3.63, 3.8) is 0 Å². The van der Waals surface area contributed by atoms with E-state index in [2.05, 4.69) is 15.5 Å². The number of aromatic nitrogens is 3. The topological polar surface area (TPSA) is 65.1 Å². The molecule has 0 unspecified atom stereocenters. The van der Waals surface area contributed by atoms with Crippen molar-refractivity contribution in [3.05, 3.63) is 29.4 Å². The largest absolute Gasteiger partial charge is 0.383 e. The van der Waals surface area contributed by atoms with Crippen molar-refractivity contribution >= 4 is 5.95 Å². The number of hydrogen-bond acceptors (Lipinski definition) is 5. The molecule has 2 aromatic rings. The third kappa shape index (κ3) is 2.70. The second-order valence-corrected chi connectivity index (χ2v) is 4.09. The number of nitrogens with one attached hydrogen (secondary N) is 1. The number of methoxy groups -OCH3 is 1. The molecule has 98 valence electrons. The van der Waals surface area contributed by atoms with Gasteiger partial charge in [0.2, 0.25) is 5.95 Å². The van der Waals surface area contributed by atoms with Crippen molar-refractivity contribution in [3.8, 4) is 0 Å². The summed E-state index contributed by atoms with van der Waals surface area (Å²) in [4.78, 5) is 4.27. The molecule has 0 saturated heterocycles. The van der Waals surface area contributed by atoms with E-state index in [1.54, 1.807) is 13.3 Å². The molecule has 0 saturated carbocycles. The fourth-order valence-corrected chi connectivity index (χ4v) is 1.77. The lowest BCUT2D eigenvalue weighted by atomic mass is 10.2. The summed E-state index contributed by atoms with van der Waals surface area (Å²) in [6.07, 6.45) is 3.69. The van der Waals surface area contributed by atoms with E-state index in [0.29, 0.717) is 13.2 Å². The summed E-state index contributed by atoms with van der Waals surface area (Å²) in [7, 11) is 1.69. The summed E-state index contributed by atoms with van der Waals surface area (Å²) in [5.41, 5.74) is 1.99. The Morgan fingerprint density at radius 3 is 2.94 bits per heavy atom. The minimum Gasteiger partial charge on any atom is -0.383 e. The average Bonchev–Trinajstić information content (AvgIpc) is 2.93. The van der Waals surface area contributed by atoms with Crippen molar-refractivity contribution in [2.45, 2.75) is 26.9 Å². The van der Waals surface area contributed by atoms with Gasteiger partial charge in [-0.25, -0.2) is 4.98 Å². The zero-order chi connectivity index (χ0) is 13.0. The molecule has 2 rings (SSSR count). The lowest BCUT2D eigenvalue weighted by molar-refractivity contribution is 0.187. The minimum absolute atomic E-state index is 0.658. The molecule has 2 aromatic heterocycles. The molecule has 0 bridgehead atoms. The number of ether oxygens (including phenoxy) is 1. The highest BCUT2D eigenvalue weighted by Gasteiger charge is 2.09. The van der Waals surface area contributed by atoms with E-state index in [1.165, 1.54) is 0 Å². The molecule has 0 amide bonds. The predicted molar refractivity (Wildman–Crippen MR) is 67.4 cm³/mol. The third-order valence-corrected chi connectivity index (χ3v) is 2.86. The highest BCUT2D eigenvalue weighted by atomic mass is 16.5. The van der Waals surface area contributed by atoms with Crippen LogP contribution in [0.1, 0.15) is 17.0 Å². The number of nitrogens with zero attached hydrogens (tertiary/aromatic N) is 3. The van der Waals surface area contributed by atoms with Crippen LogP contribution in [0.5, 0.6) is 0 Å². The molecular formula is C12H18N4O2. The Labute approximate surface area is 106 Å². The van der Waals surface area contributed by atoms with Crippen molar-refractivity contribution in [2.75, 3.05) is 19.0 Å². The van der Waals surface area contributed by atoms with Crippen LogP contribution in [-0.4, -0.2) is 28.4 Å². The van der Waals surface area contributed by atoms with Gasteiger partial charge in [0, 0.05) is 38.2 Å². The first kappa shape index (κ1) is 12.6. The number of rotatable bonds is 6. The van der Waals surface area contributed by atoms with E-state index >= 15 is 0 Å². The summed E-state index contributed by atoms with van der Waals surface area (Å²) in [6.45, 7) is 5.95. The molecule has 2 heterocycles. The highest BCUT2D eigenvalue weighted by Crippen LogP contribution is 2.14. The first-order valence-electron chi connectivity index (χ1n) is 5.88. The molecule has 0 radical (unpaired) electrons. The highest BCUT2D eigenvalue weighted by molar-refractivity contribution is 5.31. The van der Waals surface area contributed by atoms with Crippen LogP contribution in [0.25, 0.3) is 0 Å². The molecule has 0 fully saturated rings. The van der Waals surface area contributed by atoms with Gasteiger partial charge in [0.05, 0.1) is 12.3 Å². The molecule has 0 atom stereocenters. The van der Waals surface area contributed by atoms with E-state index in [1.807, 2.05) is 24.6 Å². The zero-order valence-electron chi connectivity index (χ0n) is 10.9. The monoisotopic (exact) mass is 250 g/mol. The van der Waals surface area contributed by atoms with Gasteiger partial charge in [0.1, 0.15) is 5.76 Å². The number of hydrogen-bond donors (Lipinski definition) is 1. The SMILES string of the molecule is COCCn1ccnc1NCc1c(C)noc1C. The standard InChI is InChI=1S/C12H18N4O2/c1-9-11(10(2)18-15-9)8-14-12-13-4-5-16(12)6-7-17-3/h4-5H,6-8H2,1-3H3,(H,13,14). The van der Waals surface area contributed by atoms with Crippen LogP contribution in [0.2, 0.25) is 0 Å². The maximum absolute atomic E-state index is 5.12. The fraction of sp³-hybridized carbons (Fsp3) is 0.500. The molecule has 0 spiro atoms. The Hall–Kier alpha value is -1.82. The molecular weight excluding hydrogens is 232 g/mol. The minimum atomic E-state index is 0.658. The van der Waals surface area contributed by atoms with Gasteiger partial charge in [-0.2, -0.15) is 0 Å². The Kier molecular flexibility index (Phi) is 3.99. The van der Waals surface area contributed by atoms with Gasteiger partial charge >= 0.3 is 0 Å². The van der Waals surface area contributed by atoms with Crippen LogP contribution in [0.15, 0.2) is 16.9 Å². The van der Waals surface area contributed by atoms with Gasteiger partial charge in [-0.3, -0.25) is 0 Å². The van der Waals surface area contributed by atoms with Gasteiger partial charge in [-0.15, -0.1) is 0 Å². The van der Waals surface area contributed by atoms with Crippen molar-refractivity contribution < 1.29 is 9.26 Å². The Balaban J connectivity index is 2.00. The van der Waals surface area contributed by atoms with Crippen LogP contribution in [0.4, 0.5) is 5.95 Å². The van der Waals surface area contributed by atoms with Crippen molar-refractivity contribution in [1.82, 2.24) is 14.7 Å². The predicted octanol–water partition coefficient (Wildman–Crippen LogP) is 1.75. The second kappa shape index (κ2) is 5.68. The van der Waals surface area contributed by atoms with Gasteiger partial charge < -0.3 is 19.1 Å². The van der Waals surface area contributed by atoms with Crippen LogP contribution in [-0.2, 0) is 17.8 Å². The molecule has 0 aliphatic heterocycles. The summed E-state index contributed by atoms with van der Waals surface area (Å²) in [5.74, 6) is 1.67. The van der Waals surface area contributed by atoms with Gasteiger partial charge in [-0.05, 0) is 13.8 Å². The lowest BCUT2D eigenvalue weighted by Crippen LogP contribution is -2.10. The van der Waals surface area contributed by atoms with Gasteiger partial charge in [0.15, 0.2) is 0 Å². The fourth-order valence-electron chi connectivity index (χ4n) is 1.77. The maximum atomic E-state index is 5.12. The first-order chi connectivity index (χ1) is 8.72. The molecule has 0 aromatic carbocycles. The second-order valence-electron chi connectivity index (χ2n) is 4.09. The van der Waals surface area contributed by atoms with E-state index in [9.17, 15) is 0 Å². The van der Waals surface area contributed by atoms with Gasteiger partial charge in [-0.1, -0.05) is 5.16 Å². The summed E-state index contributed by atoms with van der Waals surface area (Å²) in [5, 5.41) is 7.21. The maximum Gasteiger partial charge on any atom is 0.203 e. The molecule has 6 nitrogen and oxygen atoms in total. The average molecular weight is 250 g/mol. The molecule has 18 heavy (non-hydrogen) atoms. The number of aryl methyl sites for hydroxylation is 2. The molecule has 1 N–H and O–H groups in total. The lowest BCUT2D eigenvalue weighted by Gasteiger charge is -2.09. The summed E-state index contributed by atoms with van der Waals surface area (Å²) in [6, 6.07) is 0. The number of imidazole rings is 1.